The van der Waals surface area contributed by atoms with Crippen LogP contribution in [0.1, 0.15) is 23.6 Å². The van der Waals surface area contributed by atoms with Crippen molar-refractivity contribution in [3.05, 3.63) is 84.0 Å². The second kappa shape index (κ2) is 7.09. The Kier molecular flexibility index (Phi) is 4.35. The number of nitrogens with zero attached hydrogens (tertiary/aromatic N) is 5. The molecular formula is C23H19FN6O. The zero-order chi connectivity index (χ0) is 21.6. The lowest BCUT2D eigenvalue weighted by atomic mass is 9.78. The van der Waals surface area contributed by atoms with Gasteiger partial charge in [0, 0.05) is 12.4 Å². The van der Waals surface area contributed by atoms with E-state index < -0.39 is 5.41 Å². The number of aromatic amines is 1. The van der Waals surface area contributed by atoms with Gasteiger partial charge in [0.15, 0.2) is 0 Å². The molecule has 0 saturated heterocycles. The summed E-state index contributed by atoms with van der Waals surface area (Å²) in [6, 6.07) is 10.8. The summed E-state index contributed by atoms with van der Waals surface area (Å²) in [5.74, 6) is 0.00528. The van der Waals surface area contributed by atoms with E-state index in [2.05, 4.69) is 25.1 Å². The van der Waals surface area contributed by atoms with Crippen LogP contribution < -0.4 is 4.90 Å². The molecule has 154 valence electrons. The highest BCUT2D eigenvalue weighted by Gasteiger charge is 2.49. The molecule has 2 aromatic heterocycles. The number of carbonyl (C=O) groups excluding carboxylic acids is 1. The van der Waals surface area contributed by atoms with E-state index in [-0.39, 0.29) is 11.7 Å². The molecule has 0 spiro atoms. The topological polar surface area (TPSA) is 87.7 Å². The Morgan fingerprint density at radius 2 is 1.81 bits per heavy atom. The summed E-state index contributed by atoms with van der Waals surface area (Å²) in [7, 11) is 0. The largest absolute Gasteiger partial charge is 0.273 e. The van der Waals surface area contributed by atoms with Crippen LogP contribution >= 0.6 is 0 Å². The van der Waals surface area contributed by atoms with Crippen LogP contribution in [0, 0.1) is 12.7 Å². The number of carbonyl (C=O) groups is 1. The summed E-state index contributed by atoms with van der Waals surface area (Å²) < 4.78 is 13.8. The van der Waals surface area contributed by atoms with E-state index in [1.165, 1.54) is 18.7 Å². The minimum Gasteiger partial charge on any atom is -0.273 e. The van der Waals surface area contributed by atoms with Crippen LogP contribution in [0.5, 0.6) is 0 Å². The number of amides is 1. The van der Waals surface area contributed by atoms with Crippen LogP contribution in [0.4, 0.5) is 16.0 Å². The first-order valence-corrected chi connectivity index (χ1v) is 9.82. The number of aryl methyl sites for hydroxylation is 1. The Morgan fingerprint density at radius 3 is 2.52 bits per heavy atom. The quantitative estimate of drug-likeness (QED) is 0.547. The van der Waals surface area contributed by atoms with Crippen molar-refractivity contribution < 1.29 is 9.18 Å². The lowest BCUT2D eigenvalue weighted by Gasteiger charge is -2.23. The summed E-state index contributed by atoms with van der Waals surface area (Å²) in [6.45, 7) is 3.65. The first kappa shape index (κ1) is 19.0. The fourth-order valence-corrected chi connectivity index (χ4v) is 4.17. The van der Waals surface area contributed by atoms with Crippen molar-refractivity contribution in [3.8, 4) is 11.1 Å². The zero-order valence-corrected chi connectivity index (χ0v) is 17.0. The molecule has 8 heteroatoms. The molecule has 1 aliphatic rings. The van der Waals surface area contributed by atoms with E-state index in [1.54, 1.807) is 30.3 Å². The standard InChI is InChI=1S/C23H19FN6O/c1-14-7-16(3-5-19(14)24)17-4-6-20-18(8-17)23(2,9-15-10-25-12-26-11-15)21(31)30(20)22-27-13-28-29-22/h3-8,10-13H,9H2,1-2H3,(H,27,28,29). The molecule has 31 heavy (non-hydrogen) atoms. The molecule has 1 aliphatic heterocycles. The second-order valence-corrected chi connectivity index (χ2v) is 7.90. The van der Waals surface area contributed by atoms with Crippen molar-refractivity contribution in [2.75, 3.05) is 4.90 Å². The van der Waals surface area contributed by atoms with Crippen molar-refractivity contribution in [2.45, 2.75) is 25.7 Å². The fourth-order valence-electron chi connectivity index (χ4n) is 4.17. The van der Waals surface area contributed by atoms with E-state index in [0.717, 1.165) is 27.9 Å². The molecule has 2 aromatic carbocycles. The van der Waals surface area contributed by atoms with Crippen molar-refractivity contribution in [1.29, 1.82) is 0 Å². The number of aromatic nitrogens is 5. The van der Waals surface area contributed by atoms with Gasteiger partial charge in [0.2, 0.25) is 11.9 Å². The second-order valence-electron chi connectivity index (χ2n) is 7.90. The van der Waals surface area contributed by atoms with Gasteiger partial charge in [-0.2, -0.15) is 10.1 Å². The number of anilines is 2. The maximum absolute atomic E-state index is 13.8. The third kappa shape index (κ3) is 3.07. The van der Waals surface area contributed by atoms with Crippen molar-refractivity contribution in [1.82, 2.24) is 25.1 Å². The summed E-state index contributed by atoms with van der Waals surface area (Å²) in [4.78, 5) is 27.6. The van der Waals surface area contributed by atoms with Gasteiger partial charge in [-0.3, -0.25) is 4.79 Å². The van der Waals surface area contributed by atoms with E-state index in [1.807, 2.05) is 31.2 Å². The lowest BCUT2D eigenvalue weighted by molar-refractivity contribution is -0.122. The number of hydrogen-bond donors (Lipinski definition) is 1. The number of nitrogens with one attached hydrogen (secondary N) is 1. The molecule has 0 saturated carbocycles. The first-order valence-electron chi connectivity index (χ1n) is 9.82. The SMILES string of the molecule is Cc1cc(-c2ccc3c(c2)C(C)(Cc2cncnc2)C(=O)N3c2ncn[nH]2)ccc1F. The molecule has 0 aliphatic carbocycles. The van der Waals surface area contributed by atoms with Gasteiger partial charge in [-0.15, -0.1) is 0 Å². The van der Waals surface area contributed by atoms with Crippen LogP contribution in [0.3, 0.4) is 0 Å². The molecular weight excluding hydrogens is 395 g/mol. The third-order valence-electron chi connectivity index (χ3n) is 5.78. The lowest BCUT2D eigenvalue weighted by Crippen LogP contribution is -2.38. The maximum Gasteiger partial charge on any atom is 0.244 e. The smallest absolute Gasteiger partial charge is 0.244 e. The highest BCUT2D eigenvalue weighted by Crippen LogP contribution is 2.47. The van der Waals surface area contributed by atoms with Gasteiger partial charge < -0.3 is 0 Å². The fraction of sp³-hybridized carbons (Fsp3) is 0.174. The van der Waals surface area contributed by atoms with E-state index >= 15 is 0 Å². The van der Waals surface area contributed by atoms with E-state index in [9.17, 15) is 9.18 Å². The molecule has 7 nitrogen and oxygen atoms in total. The molecule has 1 unspecified atom stereocenters. The molecule has 0 radical (unpaired) electrons. The van der Waals surface area contributed by atoms with Gasteiger partial charge >= 0.3 is 0 Å². The van der Waals surface area contributed by atoms with Crippen LogP contribution in [-0.2, 0) is 16.6 Å². The molecule has 4 aromatic rings. The Bertz CT molecular complexity index is 1270. The highest BCUT2D eigenvalue weighted by molar-refractivity contribution is 6.12. The average molecular weight is 414 g/mol. The summed E-state index contributed by atoms with van der Waals surface area (Å²) in [6.07, 6.45) is 6.70. The molecule has 0 bridgehead atoms. The van der Waals surface area contributed by atoms with Gasteiger partial charge in [0.1, 0.15) is 18.5 Å². The highest BCUT2D eigenvalue weighted by atomic mass is 19.1. The average Bonchev–Trinajstić information content (AvgIpc) is 3.37. The van der Waals surface area contributed by atoms with E-state index in [4.69, 9.17) is 0 Å². The maximum atomic E-state index is 13.8. The Morgan fingerprint density at radius 1 is 1.06 bits per heavy atom. The molecule has 1 atom stereocenters. The number of benzene rings is 2. The Hall–Kier alpha value is -3.94. The molecule has 1 N–H and O–H groups in total. The molecule has 3 heterocycles. The van der Waals surface area contributed by atoms with Crippen LogP contribution in [-0.4, -0.2) is 31.1 Å². The van der Waals surface area contributed by atoms with Crippen molar-refractivity contribution in [3.63, 3.8) is 0 Å². The summed E-state index contributed by atoms with van der Waals surface area (Å²) in [5.41, 5.74) is 3.95. The molecule has 0 fully saturated rings. The number of hydrogen-bond acceptors (Lipinski definition) is 5. The Balaban J connectivity index is 1.67. The number of fused-ring (bicyclic) bond motifs is 1. The minimum atomic E-state index is -0.863. The number of H-pyrrole nitrogens is 1. The minimum absolute atomic E-state index is 0.115. The normalized spacial score (nSPS) is 17.8. The van der Waals surface area contributed by atoms with Gasteiger partial charge in [0.05, 0.1) is 11.1 Å². The number of rotatable bonds is 4. The zero-order valence-electron chi connectivity index (χ0n) is 17.0. The molecule has 1 amide bonds. The van der Waals surface area contributed by atoms with E-state index in [0.29, 0.717) is 17.9 Å². The van der Waals surface area contributed by atoms with Crippen molar-refractivity contribution >= 4 is 17.5 Å². The van der Waals surface area contributed by atoms with Crippen LogP contribution in [0.15, 0.2) is 61.4 Å². The van der Waals surface area contributed by atoms with Crippen LogP contribution in [0.2, 0.25) is 0 Å². The monoisotopic (exact) mass is 414 g/mol. The van der Waals surface area contributed by atoms with Crippen LogP contribution in [0.25, 0.3) is 11.1 Å². The summed E-state index contributed by atoms with van der Waals surface area (Å²) in [5, 5.41) is 6.69. The van der Waals surface area contributed by atoms with Crippen molar-refractivity contribution in [2.24, 2.45) is 0 Å². The van der Waals surface area contributed by atoms with Gasteiger partial charge in [-0.1, -0.05) is 12.1 Å². The Labute approximate surface area is 178 Å². The predicted molar refractivity (Wildman–Crippen MR) is 113 cm³/mol. The molecule has 5 rings (SSSR count). The third-order valence-corrected chi connectivity index (χ3v) is 5.78. The van der Waals surface area contributed by atoms with Gasteiger partial charge in [-0.25, -0.2) is 24.4 Å². The van der Waals surface area contributed by atoms with Gasteiger partial charge in [-0.05, 0) is 72.4 Å². The number of halogens is 1. The predicted octanol–water partition coefficient (Wildman–Crippen LogP) is 3.89. The first-order chi connectivity index (χ1) is 15.0. The van der Waals surface area contributed by atoms with Gasteiger partial charge in [0.25, 0.3) is 0 Å². The summed E-state index contributed by atoms with van der Waals surface area (Å²) >= 11 is 0.